The highest BCUT2D eigenvalue weighted by molar-refractivity contribution is 6.25. The summed E-state index contributed by atoms with van der Waals surface area (Å²) in [6, 6.07) is 135. The zero-order chi connectivity index (χ0) is 59.6. The normalized spacial score (nSPS) is 13.1. The summed E-state index contributed by atoms with van der Waals surface area (Å²) in [6.45, 7) is 0. The Hall–Kier alpha value is -11.6. The third-order valence-electron chi connectivity index (χ3n) is 19.2. The van der Waals surface area contributed by atoms with E-state index in [1.54, 1.807) is 0 Å². The van der Waals surface area contributed by atoms with E-state index in [1.807, 2.05) is 0 Å². The van der Waals surface area contributed by atoms with Crippen LogP contribution in [0.15, 0.2) is 364 Å². The maximum absolute atomic E-state index is 2.55. The van der Waals surface area contributed by atoms with E-state index in [0.29, 0.717) is 0 Å². The zero-order valence-electron chi connectivity index (χ0n) is 49.5. The van der Waals surface area contributed by atoms with E-state index in [0.717, 1.165) is 50.6 Å². The second kappa shape index (κ2) is 21.7. The Morgan fingerprint density at radius 3 is 0.944 bits per heavy atom. The molecule has 422 valence electrons. The maximum Gasteiger partial charge on any atom is 0.0713 e. The Kier molecular flexibility index (Phi) is 12.7. The van der Waals surface area contributed by atoms with Gasteiger partial charge < -0.3 is 9.80 Å². The van der Waals surface area contributed by atoms with Crippen LogP contribution in [-0.4, -0.2) is 0 Å². The molecule has 0 N–H and O–H groups in total. The van der Waals surface area contributed by atoms with Gasteiger partial charge in [-0.15, -0.1) is 0 Å². The van der Waals surface area contributed by atoms with Crippen LogP contribution in [0.2, 0.25) is 0 Å². The minimum absolute atomic E-state index is 0.583. The highest BCUT2D eigenvalue weighted by atomic mass is 15.2. The fraction of sp³-hybridized carbons (Fsp3) is 0.0227. The molecule has 0 bridgehead atoms. The van der Waals surface area contributed by atoms with Crippen molar-refractivity contribution in [3.05, 3.63) is 408 Å². The third-order valence-corrected chi connectivity index (χ3v) is 19.2. The first-order chi connectivity index (χ1) is 44.7. The first kappa shape index (κ1) is 52.7. The van der Waals surface area contributed by atoms with Gasteiger partial charge in [0.15, 0.2) is 0 Å². The molecule has 15 aromatic carbocycles. The number of hydrogen-bond donors (Lipinski definition) is 0. The fourth-order valence-electron chi connectivity index (χ4n) is 15.6. The average Bonchev–Trinajstić information content (AvgIpc) is 1.53. The monoisotopic (exact) mass is 1140 g/mol. The van der Waals surface area contributed by atoms with Crippen molar-refractivity contribution in [3.8, 4) is 44.5 Å². The van der Waals surface area contributed by atoms with Crippen LogP contribution in [0.3, 0.4) is 0 Å². The Bertz CT molecular complexity index is 5030. The number of para-hydroxylation sites is 3. The average molecular weight is 1150 g/mol. The topological polar surface area (TPSA) is 6.48 Å². The molecule has 0 aliphatic heterocycles. The number of nitrogens with zero attached hydrogens (tertiary/aromatic N) is 2. The second-order valence-electron chi connectivity index (χ2n) is 23.8. The zero-order valence-corrected chi connectivity index (χ0v) is 49.5. The molecule has 15 aromatic rings. The summed E-state index contributed by atoms with van der Waals surface area (Å²) in [5, 5.41) is 4.70. The molecule has 90 heavy (non-hydrogen) atoms. The molecule has 0 atom stereocenters. The predicted molar refractivity (Wildman–Crippen MR) is 376 cm³/mol. The van der Waals surface area contributed by atoms with Crippen molar-refractivity contribution in [3.63, 3.8) is 0 Å². The summed E-state index contributed by atoms with van der Waals surface area (Å²) in [5.41, 5.74) is 25.1. The molecule has 2 heteroatoms. The number of benzene rings is 15. The molecule has 0 heterocycles. The lowest BCUT2D eigenvalue weighted by molar-refractivity contribution is 0.769. The van der Waals surface area contributed by atoms with Gasteiger partial charge in [-0.25, -0.2) is 0 Å². The first-order valence-electron chi connectivity index (χ1n) is 31.2. The van der Waals surface area contributed by atoms with Crippen LogP contribution in [0.4, 0.5) is 34.1 Å². The SMILES string of the molecule is c1ccc(N(c2ccccc2)c2ccc(N(c3ccccc3)c3cccc4c(-c5ccc6c(c5)C(c5ccccc5)(c5ccccc5)c5ccccc5-6)c5ccccc5c(-c5ccc6c(c5)C(c5ccccc5)(c5ccccc5)c5ccccc5-6)c34)cc2)cc1. The van der Waals surface area contributed by atoms with Crippen LogP contribution >= 0.6 is 0 Å². The summed E-state index contributed by atoms with van der Waals surface area (Å²) >= 11 is 0. The van der Waals surface area contributed by atoms with E-state index in [-0.39, 0.29) is 0 Å². The minimum Gasteiger partial charge on any atom is -0.311 e. The van der Waals surface area contributed by atoms with E-state index in [9.17, 15) is 0 Å². The van der Waals surface area contributed by atoms with E-state index >= 15 is 0 Å². The Morgan fingerprint density at radius 1 is 0.200 bits per heavy atom. The molecule has 0 saturated carbocycles. The highest BCUT2D eigenvalue weighted by Gasteiger charge is 2.48. The molecular weight excluding hydrogens is 1080 g/mol. The van der Waals surface area contributed by atoms with Crippen LogP contribution < -0.4 is 9.80 Å². The van der Waals surface area contributed by atoms with Gasteiger partial charge in [0.2, 0.25) is 0 Å². The van der Waals surface area contributed by atoms with Crippen molar-refractivity contribution < 1.29 is 0 Å². The van der Waals surface area contributed by atoms with E-state index in [4.69, 9.17) is 0 Å². The third kappa shape index (κ3) is 8.12. The summed E-state index contributed by atoms with van der Waals surface area (Å²) in [6.07, 6.45) is 0. The molecule has 0 radical (unpaired) electrons. The van der Waals surface area contributed by atoms with Crippen LogP contribution in [0.25, 0.3) is 66.1 Å². The van der Waals surface area contributed by atoms with Crippen molar-refractivity contribution in [2.24, 2.45) is 0 Å². The van der Waals surface area contributed by atoms with Crippen molar-refractivity contribution in [2.45, 2.75) is 10.8 Å². The van der Waals surface area contributed by atoms with Gasteiger partial charge in [-0.3, -0.25) is 0 Å². The largest absolute Gasteiger partial charge is 0.311 e. The minimum atomic E-state index is -0.601. The quantitative estimate of drug-likeness (QED) is 0.113. The standard InChI is InChI=1S/C88H60N2/c1-8-29-63(30-9-1)87(64-31-10-2-11-32-64)79-48-26-24-43-72(79)74-57-51-61(59-81(74)87)84-76-45-22-23-46-77(76)85(62-52-58-75-73-44-25-27-49-80(73)88(82(75)60-62,65-33-12-3-13-34-65)66-35-14-4-15-36-66)86-78(84)47-28-50-83(86)90(69-41-20-7-21-42-69)71-55-53-70(54-56-71)89(67-37-16-5-17-38-67)68-39-18-6-19-40-68/h1-60H. The van der Waals surface area contributed by atoms with Gasteiger partial charge in [-0.2, -0.15) is 0 Å². The van der Waals surface area contributed by atoms with Gasteiger partial charge in [0.1, 0.15) is 0 Å². The Morgan fingerprint density at radius 2 is 0.511 bits per heavy atom. The van der Waals surface area contributed by atoms with Crippen LogP contribution in [0.1, 0.15) is 44.5 Å². The predicted octanol–water partition coefficient (Wildman–Crippen LogP) is 23.0. The summed E-state index contributed by atoms with van der Waals surface area (Å²) in [5.74, 6) is 0. The summed E-state index contributed by atoms with van der Waals surface area (Å²) < 4.78 is 0. The molecule has 0 amide bonds. The van der Waals surface area contributed by atoms with Crippen molar-refractivity contribution in [1.82, 2.24) is 0 Å². The van der Waals surface area contributed by atoms with Gasteiger partial charge in [-0.05, 0) is 184 Å². The number of anilines is 6. The number of fused-ring (bicyclic) bond motifs is 8. The molecular formula is C88H60N2. The maximum atomic E-state index is 2.55. The Balaban J connectivity index is 0.970. The van der Waals surface area contributed by atoms with Crippen LogP contribution in [0, 0.1) is 0 Å². The molecule has 0 spiro atoms. The molecule has 0 unspecified atom stereocenters. The lowest BCUT2D eigenvalue weighted by Crippen LogP contribution is -2.28. The van der Waals surface area contributed by atoms with Crippen molar-refractivity contribution in [1.29, 1.82) is 0 Å². The van der Waals surface area contributed by atoms with Crippen molar-refractivity contribution >= 4 is 55.7 Å². The van der Waals surface area contributed by atoms with E-state index in [2.05, 4.69) is 374 Å². The lowest BCUT2D eigenvalue weighted by atomic mass is 9.67. The molecule has 0 saturated heterocycles. The highest BCUT2D eigenvalue weighted by Crippen LogP contribution is 2.60. The number of rotatable bonds is 12. The van der Waals surface area contributed by atoms with Gasteiger partial charge in [0.25, 0.3) is 0 Å². The molecule has 2 aliphatic rings. The van der Waals surface area contributed by atoms with Crippen LogP contribution in [0.5, 0.6) is 0 Å². The molecule has 0 aromatic heterocycles. The number of hydrogen-bond acceptors (Lipinski definition) is 2. The van der Waals surface area contributed by atoms with E-state index < -0.39 is 10.8 Å². The Labute approximate surface area is 526 Å². The second-order valence-corrected chi connectivity index (χ2v) is 23.8. The molecule has 2 nitrogen and oxygen atoms in total. The van der Waals surface area contributed by atoms with Gasteiger partial charge >= 0.3 is 0 Å². The molecule has 17 rings (SSSR count). The van der Waals surface area contributed by atoms with Gasteiger partial charge in [0.05, 0.1) is 16.5 Å². The van der Waals surface area contributed by atoms with Crippen LogP contribution in [-0.2, 0) is 10.8 Å². The van der Waals surface area contributed by atoms with Crippen molar-refractivity contribution in [2.75, 3.05) is 9.80 Å². The summed E-state index contributed by atoms with van der Waals surface area (Å²) in [7, 11) is 0. The summed E-state index contributed by atoms with van der Waals surface area (Å²) in [4.78, 5) is 4.82. The lowest BCUT2D eigenvalue weighted by Gasteiger charge is -2.34. The van der Waals surface area contributed by atoms with Gasteiger partial charge in [-0.1, -0.05) is 285 Å². The smallest absolute Gasteiger partial charge is 0.0713 e. The van der Waals surface area contributed by atoms with E-state index in [1.165, 1.54) is 94.0 Å². The molecule has 2 aliphatic carbocycles. The first-order valence-corrected chi connectivity index (χ1v) is 31.2. The fourth-order valence-corrected chi connectivity index (χ4v) is 15.6. The molecule has 0 fully saturated rings. The van der Waals surface area contributed by atoms with Gasteiger partial charge in [0, 0.05) is 33.8 Å².